The van der Waals surface area contributed by atoms with E-state index in [1.54, 1.807) is 6.20 Å². The molecule has 1 atom stereocenters. The summed E-state index contributed by atoms with van der Waals surface area (Å²) >= 11 is 0. The Morgan fingerprint density at radius 3 is 2.83 bits per heavy atom. The maximum absolute atomic E-state index is 9.14. The summed E-state index contributed by atoms with van der Waals surface area (Å²) in [6, 6.07) is 11.0. The van der Waals surface area contributed by atoms with E-state index in [0.717, 1.165) is 5.69 Å². The molecule has 1 heterocycles. The Kier molecular flexibility index (Phi) is 3.89. The number of nitriles is 1. The zero-order chi connectivity index (χ0) is 12.8. The van der Waals surface area contributed by atoms with Gasteiger partial charge < -0.3 is 10.4 Å². The Morgan fingerprint density at radius 2 is 2.17 bits per heavy atom. The van der Waals surface area contributed by atoms with Gasteiger partial charge in [0.05, 0.1) is 25.4 Å². The molecular formula is C12H13N5O. The molecule has 18 heavy (non-hydrogen) atoms. The molecule has 0 saturated carbocycles. The minimum Gasteiger partial charge on any atom is -0.394 e. The van der Waals surface area contributed by atoms with Crippen LogP contribution in [0.3, 0.4) is 0 Å². The molecule has 1 unspecified atom stereocenters. The van der Waals surface area contributed by atoms with Crippen LogP contribution in [-0.4, -0.2) is 26.7 Å². The second-order valence-corrected chi connectivity index (χ2v) is 3.70. The third kappa shape index (κ3) is 2.84. The normalized spacial score (nSPS) is 11.8. The van der Waals surface area contributed by atoms with Crippen LogP contribution in [0.4, 0.5) is 5.69 Å². The van der Waals surface area contributed by atoms with Gasteiger partial charge in [0.1, 0.15) is 5.69 Å². The minimum absolute atomic E-state index is 0.00780. The van der Waals surface area contributed by atoms with E-state index < -0.39 is 6.04 Å². The van der Waals surface area contributed by atoms with E-state index in [0.29, 0.717) is 12.2 Å². The minimum atomic E-state index is -0.556. The van der Waals surface area contributed by atoms with Crippen LogP contribution in [0.2, 0.25) is 0 Å². The molecular weight excluding hydrogens is 230 g/mol. The van der Waals surface area contributed by atoms with Gasteiger partial charge in [-0.3, -0.25) is 0 Å². The lowest BCUT2D eigenvalue weighted by molar-refractivity contribution is 0.268. The largest absolute Gasteiger partial charge is 0.394 e. The van der Waals surface area contributed by atoms with Crippen molar-refractivity contribution in [3.05, 3.63) is 42.2 Å². The van der Waals surface area contributed by atoms with Gasteiger partial charge in [-0.05, 0) is 12.1 Å². The van der Waals surface area contributed by atoms with Crippen LogP contribution in [0.5, 0.6) is 0 Å². The SMILES string of the molecule is N#CC(Nc1ccccc1)c1cn(CCO)nn1. The lowest BCUT2D eigenvalue weighted by Gasteiger charge is -2.09. The summed E-state index contributed by atoms with van der Waals surface area (Å²) in [6.45, 7) is 0.364. The van der Waals surface area contributed by atoms with E-state index in [-0.39, 0.29) is 6.61 Å². The predicted octanol–water partition coefficient (Wildman–Crippen LogP) is 0.947. The van der Waals surface area contributed by atoms with E-state index in [1.807, 2.05) is 30.3 Å². The van der Waals surface area contributed by atoms with Gasteiger partial charge in [-0.2, -0.15) is 5.26 Å². The molecule has 0 radical (unpaired) electrons. The molecule has 0 aliphatic carbocycles. The fraction of sp³-hybridized carbons (Fsp3) is 0.250. The Balaban J connectivity index is 2.11. The van der Waals surface area contributed by atoms with Crippen LogP contribution in [0.25, 0.3) is 0 Å². The van der Waals surface area contributed by atoms with Gasteiger partial charge in [0.2, 0.25) is 0 Å². The number of hydrogen-bond donors (Lipinski definition) is 2. The summed E-state index contributed by atoms with van der Waals surface area (Å²) in [5, 5.41) is 28.7. The van der Waals surface area contributed by atoms with Crippen molar-refractivity contribution in [1.29, 1.82) is 5.26 Å². The summed E-state index contributed by atoms with van der Waals surface area (Å²) in [5.41, 5.74) is 1.38. The molecule has 1 aromatic carbocycles. The quantitative estimate of drug-likeness (QED) is 0.816. The van der Waals surface area contributed by atoms with Crippen molar-refractivity contribution in [2.75, 3.05) is 11.9 Å². The van der Waals surface area contributed by atoms with Crippen LogP contribution in [0.15, 0.2) is 36.5 Å². The molecule has 0 aliphatic heterocycles. The molecule has 0 aliphatic rings. The molecule has 6 nitrogen and oxygen atoms in total. The zero-order valence-electron chi connectivity index (χ0n) is 9.69. The number of nitrogens with zero attached hydrogens (tertiary/aromatic N) is 4. The third-order valence-corrected chi connectivity index (χ3v) is 2.40. The molecule has 0 amide bonds. The molecule has 6 heteroatoms. The number of aliphatic hydroxyl groups is 1. The Labute approximate surface area is 104 Å². The summed E-state index contributed by atoms with van der Waals surface area (Å²) in [6.07, 6.45) is 1.65. The highest BCUT2D eigenvalue weighted by atomic mass is 16.3. The van der Waals surface area contributed by atoms with Crippen LogP contribution in [0, 0.1) is 11.3 Å². The monoisotopic (exact) mass is 243 g/mol. The molecule has 2 aromatic rings. The van der Waals surface area contributed by atoms with Crippen molar-refractivity contribution >= 4 is 5.69 Å². The highest BCUT2D eigenvalue weighted by molar-refractivity contribution is 5.45. The number of hydrogen-bond acceptors (Lipinski definition) is 5. The lowest BCUT2D eigenvalue weighted by Crippen LogP contribution is -2.09. The second kappa shape index (κ2) is 5.80. The number of rotatable bonds is 5. The van der Waals surface area contributed by atoms with E-state index in [9.17, 15) is 0 Å². The summed E-state index contributed by atoms with van der Waals surface area (Å²) < 4.78 is 1.51. The average Bonchev–Trinajstić information content (AvgIpc) is 2.86. The molecule has 0 fully saturated rings. The number of nitrogens with one attached hydrogen (secondary N) is 1. The number of aliphatic hydroxyl groups excluding tert-OH is 1. The predicted molar refractivity (Wildman–Crippen MR) is 65.5 cm³/mol. The van der Waals surface area contributed by atoms with Gasteiger partial charge in [-0.25, -0.2) is 4.68 Å². The first-order chi connectivity index (χ1) is 8.83. The van der Waals surface area contributed by atoms with Crippen molar-refractivity contribution in [3.63, 3.8) is 0 Å². The van der Waals surface area contributed by atoms with Crippen LogP contribution < -0.4 is 5.32 Å². The molecule has 0 bridgehead atoms. The topological polar surface area (TPSA) is 86.8 Å². The average molecular weight is 243 g/mol. The molecule has 1 aromatic heterocycles. The standard InChI is InChI=1S/C12H13N5O/c13-8-11(14-10-4-2-1-3-5-10)12-9-17(6-7-18)16-15-12/h1-5,9,11,14,18H,6-7H2. The van der Waals surface area contributed by atoms with Crippen LogP contribution in [0.1, 0.15) is 11.7 Å². The number of para-hydroxylation sites is 1. The molecule has 0 saturated heterocycles. The van der Waals surface area contributed by atoms with Gasteiger partial charge >= 0.3 is 0 Å². The maximum atomic E-state index is 9.14. The van der Waals surface area contributed by atoms with Gasteiger partial charge in [0, 0.05) is 5.69 Å². The maximum Gasteiger partial charge on any atom is 0.160 e. The van der Waals surface area contributed by atoms with Crippen molar-refractivity contribution in [2.45, 2.75) is 12.6 Å². The van der Waals surface area contributed by atoms with Gasteiger partial charge in [0.25, 0.3) is 0 Å². The number of anilines is 1. The Bertz CT molecular complexity index is 531. The Morgan fingerprint density at radius 1 is 1.39 bits per heavy atom. The highest BCUT2D eigenvalue weighted by Crippen LogP contribution is 2.16. The fourth-order valence-electron chi connectivity index (χ4n) is 1.53. The fourth-order valence-corrected chi connectivity index (χ4v) is 1.53. The molecule has 2 N–H and O–H groups in total. The first kappa shape index (κ1) is 12.1. The first-order valence-electron chi connectivity index (χ1n) is 5.55. The van der Waals surface area contributed by atoms with Crippen molar-refractivity contribution in [3.8, 4) is 6.07 Å². The molecule has 0 spiro atoms. The zero-order valence-corrected chi connectivity index (χ0v) is 9.69. The van der Waals surface area contributed by atoms with E-state index in [2.05, 4.69) is 21.7 Å². The van der Waals surface area contributed by atoms with Crippen LogP contribution in [-0.2, 0) is 6.54 Å². The Hall–Kier alpha value is -2.39. The lowest BCUT2D eigenvalue weighted by atomic mass is 10.2. The highest BCUT2D eigenvalue weighted by Gasteiger charge is 2.14. The van der Waals surface area contributed by atoms with Crippen molar-refractivity contribution in [1.82, 2.24) is 15.0 Å². The first-order valence-corrected chi connectivity index (χ1v) is 5.55. The van der Waals surface area contributed by atoms with Gasteiger partial charge in [-0.15, -0.1) is 5.10 Å². The summed E-state index contributed by atoms with van der Waals surface area (Å²) in [7, 11) is 0. The van der Waals surface area contributed by atoms with Gasteiger partial charge in [-0.1, -0.05) is 23.4 Å². The summed E-state index contributed by atoms with van der Waals surface area (Å²) in [5.74, 6) is 0. The number of aromatic nitrogens is 3. The molecule has 2 rings (SSSR count). The third-order valence-electron chi connectivity index (χ3n) is 2.40. The van der Waals surface area contributed by atoms with Gasteiger partial charge in [0.15, 0.2) is 6.04 Å². The second-order valence-electron chi connectivity index (χ2n) is 3.70. The van der Waals surface area contributed by atoms with E-state index in [1.165, 1.54) is 4.68 Å². The smallest absolute Gasteiger partial charge is 0.160 e. The van der Waals surface area contributed by atoms with Crippen molar-refractivity contribution < 1.29 is 5.11 Å². The number of benzene rings is 1. The molecule has 92 valence electrons. The van der Waals surface area contributed by atoms with Crippen molar-refractivity contribution in [2.24, 2.45) is 0 Å². The van der Waals surface area contributed by atoms with Crippen LogP contribution >= 0.6 is 0 Å². The van der Waals surface area contributed by atoms with E-state index in [4.69, 9.17) is 10.4 Å². The summed E-state index contributed by atoms with van der Waals surface area (Å²) in [4.78, 5) is 0. The van der Waals surface area contributed by atoms with E-state index >= 15 is 0 Å².